The summed E-state index contributed by atoms with van der Waals surface area (Å²) in [6.45, 7) is 8.85. The lowest BCUT2D eigenvalue weighted by Crippen LogP contribution is -2.42. The highest BCUT2D eigenvalue weighted by Crippen LogP contribution is 2.28. The first-order chi connectivity index (χ1) is 12.9. The average molecular weight is 375 g/mol. The van der Waals surface area contributed by atoms with Crippen LogP contribution in [0.15, 0.2) is 18.2 Å². The molecule has 0 bridgehead atoms. The van der Waals surface area contributed by atoms with Crippen molar-refractivity contribution in [2.75, 3.05) is 13.1 Å². The molecule has 1 fully saturated rings. The van der Waals surface area contributed by atoms with Crippen LogP contribution in [0.25, 0.3) is 0 Å². The van der Waals surface area contributed by atoms with Crippen LogP contribution in [0.5, 0.6) is 5.75 Å². The van der Waals surface area contributed by atoms with Gasteiger partial charge in [-0.2, -0.15) is 0 Å². The molecular formula is C22H34N2O3. The highest BCUT2D eigenvalue weighted by molar-refractivity contribution is 5.81. The van der Waals surface area contributed by atoms with Gasteiger partial charge in [-0.05, 0) is 49.8 Å². The molecule has 1 unspecified atom stereocenters. The summed E-state index contributed by atoms with van der Waals surface area (Å²) in [5.74, 6) is 1.18. The Morgan fingerprint density at radius 2 is 1.74 bits per heavy atom. The lowest BCUT2D eigenvalue weighted by molar-refractivity contribution is -0.128. The maximum absolute atomic E-state index is 12.3. The molecule has 2 N–H and O–H groups in total. The Morgan fingerprint density at radius 3 is 2.41 bits per heavy atom. The van der Waals surface area contributed by atoms with E-state index in [0.29, 0.717) is 19.0 Å². The molecule has 27 heavy (non-hydrogen) atoms. The smallest absolute Gasteiger partial charge is 0.260 e. The lowest BCUT2D eigenvalue weighted by atomic mass is 9.89. The number of nitrogens with one attached hydrogen (secondary N) is 2. The minimum absolute atomic E-state index is 0.120. The van der Waals surface area contributed by atoms with E-state index < -0.39 is 6.10 Å². The third kappa shape index (κ3) is 6.56. The third-order valence-electron chi connectivity index (χ3n) is 5.16. The largest absolute Gasteiger partial charge is 0.481 e. The summed E-state index contributed by atoms with van der Waals surface area (Å²) in [7, 11) is 0. The topological polar surface area (TPSA) is 67.4 Å². The molecule has 2 amide bonds. The second-order valence-electron chi connectivity index (χ2n) is 7.87. The van der Waals surface area contributed by atoms with Crippen molar-refractivity contribution in [3.63, 3.8) is 0 Å². The Hall–Kier alpha value is -2.04. The van der Waals surface area contributed by atoms with E-state index >= 15 is 0 Å². The van der Waals surface area contributed by atoms with Crippen molar-refractivity contribution in [2.24, 2.45) is 5.92 Å². The van der Waals surface area contributed by atoms with Crippen LogP contribution in [0.2, 0.25) is 0 Å². The maximum atomic E-state index is 12.3. The summed E-state index contributed by atoms with van der Waals surface area (Å²) in [6.07, 6.45) is 4.90. The summed E-state index contributed by atoms with van der Waals surface area (Å²) in [6, 6.07) is 6.09. The number of rotatable bonds is 8. The number of amides is 2. The Morgan fingerprint density at radius 1 is 1.07 bits per heavy atom. The van der Waals surface area contributed by atoms with Crippen LogP contribution in [0.3, 0.4) is 0 Å². The minimum Gasteiger partial charge on any atom is -0.481 e. The second-order valence-corrected chi connectivity index (χ2v) is 7.87. The molecular weight excluding hydrogens is 340 g/mol. The monoisotopic (exact) mass is 374 g/mol. The highest BCUT2D eigenvalue weighted by Gasteiger charge is 2.21. The first-order valence-electron chi connectivity index (χ1n) is 10.2. The third-order valence-corrected chi connectivity index (χ3v) is 5.16. The predicted octanol–water partition coefficient (Wildman–Crippen LogP) is 3.70. The van der Waals surface area contributed by atoms with E-state index in [1.54, 1.807) is 6.92 Å². The highest BCUT2D eigenvalue weighted by atomic mass is 16.5. The van der Waals surface area contributed by atoms with Crippen molar-refractivity contribution in [1.29, 1.82) is 0 Å². The first-order valence-corrected chi connectivity index (χ1v) is 10.2. The molecule has 2 rings (SSSR count). The number of ether oxygens (including phenoxy) is 1. The van der Waals surface area contributed by atoms with Gasteiger partial charge in [0.2, 0.25) is 5.91 Å². The number of aryl methyl sites for hydroxylation is 1. The fourth-order valence-corrected chi connectivity index (χ4v) is 3.49. The Bertz CT molecular complexity index is 636. The van der Waals surface area contributed by atoms with Crippen LogP contribution in [0, 0.1) is 12.8 Å². The molecule has 0 spiro atoms. The number of hydrogen-bond acceptors (Lipinski definition) is 3. The van der Waals surface area contributed by atoms with Gasteiger partial charge in [0, 0.05) is 19.0 Å². The van der Waals surface area contributed by atoms with Gasteiger partial charge in [-0.15, -0.1) is 0 Å². The van der Waals surface area contributed by atoms with Gasteiger partial charge in [-0.25, -0.2) is 0 Å². The van der Waals surface area contributed by atoms with E-state index in [-0.39, 0.29) is 17.7 Å². The van der Waals surface area contributed by atoms with Crippen molar-refractivity contribution in [3.05, 3.63) is 29.3 Å². The SMILES string of the molecule is Cc1ccc(C(C)C)c(OC(C)C(=O)NCCNC(=O)C2CCCCC2)c1. The normalized spacial score (nSPS) is 16.0. The molecule has 0 heterocycles. The molecule has 150 valence electrons. The van der Waals surface area contributed by atoms with Crippen LogP contribution in [0.4, 0.5) is 0 Å². The van der Waals surface area contributed by atoms with Crippen LogP contribution in [0.1, 0.15) is 69.9 Å². The van der Waals surface area contributed by atoms with Gasteiger partial charge in [0.1, 0.15) is 5.75 Å². The van der Waals surface area contributed by atoms with E-state index in [1.807, 2.05) is 13.0 Å². The molecule has 1 aromatic rings. The van der Waals surface area contributed by atoms with Gasteiger partial charge in [-0.1, -0.05) is 45.2 Å². The van der Waals surface area contributed by atoms with E-state index in [9.17, 15) is 9.59 Å². The zero-order chi connectivity index (χ0) is 19.8. The number of benzene rings is 1. The van der Waals surface area contributed by atoms with E-state index in [4.69, 9.17) is 4.74 Å². The van der Waals surface area contributed by atoms with Gasteiger partial charge in [-0.3, -0.25) is 9.59 Å². The predicted molar refractivity (Wildman–Crippen MR) is 108 cm³/mol. The van der Waals surface area contributed by atoms with Crippen LogP contribution in [-0.4, -0.2) is 31.0 Å². The fraction of sp³-hybridized carbons (Fsp3) is 0.636. The van der Waals surface area contributed by atoms with Gasteiger partial charge < -0.3 is 15.4 Å². The summed E-state index contributed by atoms with van der Waals surface area (Å²) >= 11 is 0. The summed E-state index contributed by atoms with van der Waals surface area (Å²) < 4.78 is 5.92. The summed E-state index contributed by atoms with van der Waals surface area (Å²) in [4.78, 5) is 24.4. The van der Waals surface area contributed by atoms with Crippen molar-refractivity contribution in [2.45, 2.75) is 71.8 Å². The van der Waals surface area contributed by atoms with E-state index in [0.717, 1.165) is 42.6 Å². The zero-order valence-electron chi connectivity index (χ0n) is 17.1. The van der Waals surface area contributed by atoms with E-state index in [1.165, 1.54) is 6.42 Å². The van der Waals surface area contributed by atoms with Crippen molar-refractivity contribution >= 4 is 11.8 Å². The number of carbonyl (C=O) groups is 2. The minimum atomic E-state index is -0.585. The molecule has 1 aliphatic carbocycles. The number of hydrogen-bond donors (Lipinski definition) is 2. The van der Waals surface area contributed by atoms with Gasteiger partial charge >= 0.3 is 0 Å². The maximum Gasteiger partial charge on any atom is 0.260 e. The van der Waals surface area contributed by atoms with Crippen LogP contribution >= 0.6 is 0 Å². The Labute approximate surface area is 163 Å². The molecule has 0 aliphatic heterocycles. The molecule has 0 radical (unpaired) electrons. The molecule has 1 saturated carbocycles. The molecule has 5 heteroatoms. The van der Waals surface area contributed by atoms with Crippen molar-refractivity contribution < 1.29 is 14.3 Å². The lowest BCUT2D eigenvalue weighted by Gasteiger charge is -2.21. The first kappa shape index (κ1) is 21.3. The molecule has 1 aromatic carbocycles. The van der Waals surface area contributed by atoms with Gasteiger partial charge in [0.25, 0.3) is 5.91 Å². The summed E-state index contributed by atoms with van der Waals surface area (Å²) in [5.41, 5.74) is 2.20. The van der Waals surface area contributed by atoms with Crippen LogP contribution in [-0.2, 0) is 9.59 Å². The molecule has 1 aliphatic rings. The molecule has 0 aromatic heterocycles. The van der Waals surface area contributed by atoms with Crippen molar-refractivity contribution in [1.82, 2.24) is 10.6 Å². The molecule has 5 nitrogen and oxygen atoms in total. The zero-order valence-corrected chi connectivity index (χ0v) is 17.1. The molecule has 1 atom stereocenters. The van der Waals surface area contributed by atoms with E-state index in [2.05, 4.69) is 36.6 Å². The number of carbonyl (C=O) groups excluding carboxylic acids is 2. The molecule has 0 saturated heterocycles. The quantitative estimate of drug-likeness (QED) is 0.682. The standard InChI is InChI=1S/C22H34N2O3/c1-15(2)19-11-10-16(3)14-20(19)27-17(4)21(25)23-12-13-24-22(26)18-8-6-5-7-9-18/h10-11,14-15,17-18H,5-9,12-13H2,1-4H3,(H,23,25)(H,24,26). The van der Waals surface area contributed by atoms with Gasteiger partial charge in [0.15, 0.2) is 6.10 Å². The Kier molecular flexibility index (Phi) is 8.14. The summed E-state index contributed by atoms with van der Waals surface area (Å²) in [5, 5.41) is 5.78. The second kappa shape index (κ2) is 10.3. The van der Waals surface area contributed by atoms with Gasteiger partial charge in [0.05, 0.1) is 0 Å². The van der Waals surface area contributed by atoms with Crippen molar-refractivity contribution in [3.8, 4) is 5.75 Å². The average Bonchev–Trinajstić information content (AvgIpc) is 2.65. The Balaban J connectivity index is 1.76. The fourth-order valence-electron chi connectivity index (χ4n) is 3.49. The van der Waals surface area contributed by atoms with Crippen LogP contribution < -0.4 is 15.4 Å².